The Bertz CT molecular complexity index is 876. The van der Waals surface area contributed by atoms with Crippen molar-refractivity contribution in [3.63, 3.8) is 0 Å². The van der Waals surface area contributed by atoms with E-state index in [4.69, 9.17) is 16.3 Å². The third kappa shape index (κ3) is 3.96. The molecule has 0 aliphatic carbocycles. The number of nitrogens with zero attached hydrogens (tertiary/aromatic N) is 1. The predicted molar refractivity (Wildman–Crippen MR) is 98.7 cm³/mol. The van der Waals surface area contributed by atoms with Crippen molar-refractivity contribution in [3.05, 3.63) is 53.1 Å². The average Bonchev–Trinajstić information content (AvgIpc) is 2.55. The van der Waals surface area contributed by atoms with Crippen LogP contribution in [0, 0.1) is 12.8 Å². The van der Waals surface area contributed by atoms with Crippen LogP contribution in [0.1, 0.15) is 19.4 Å². The standard InChI is InChI=1S/C18H20ClNO4S/c1-12(2)18(21)20(14-7-10-17(24-4)16(19)11-14)25(22,23)15-8-5-13(3)6-9-15/h5-12H,1-4H3. The van der Waals surface area contributed by atoms with Gasteiger partial charge >= 0.3 is 0 Å². The van der Waals surface area contributed by atoms with Gasteiger partial charge in [-0.25, -0.2) is 12.7 Å². The molecule has 2 rings (SSSR count). The van der Waals surface area contributed by atoms with E-state index in [1.165, 1.54) is 37.4 Å². The lowest BCUT2D eigenvalue weighted by Gasteiger charge is -2.25. The lowest BCUT2D eigenvalue weighted by molar-refractivity contribution is -0.120. The van der Waals surface area contributed by atoms with Gasteiger partial charge in [0.1, 0.15) is 5.75 Å². The fraction of sp³-hybridized carbons (Fsp3) is 0.278. The lowest BCUT2D eigenvalue weighted by Crippen LogP contribution is -2.39. The first-order chi connectivity index (χ1) is 11.7. The van der Waals surface area contributed by atoms with Crippen LogP contribution >= 0.6 is 11.6 Å². The molecule has 0 spiro atoms. The number of amides is 1. The van der Waals surface area contributed by atoms with Crippen LogP contribution < -0.4 is 9.04 Å². The molecular formula is C18H20ClNO4S. The minimum atomic E-state index is -4.07. The van der Waals surface area contributed by atoms with Crippen LogP contribution in [0.15, 0.2) is 47.4 Å². The zero-order chi connectivity index (χ0) is 18.8. The maximum absolute atomic E-state index is 13.1. The van der Waals surface area contributed by atoms with Crippen molar-refractivity contribution in [2.45, 2.75) is 25.7 Å². The molecule has 134 valence electrons. The number of aryl methyl sites for hydroxylation is 1. The molecule has 25 heavy (non-hydrogen) atoms. The highest BCUT2D eigenvalue weighted by atomic mass is 35.5. The van der Waals surface area contributed by atoms with E-state index in [2.05, 4.69) is 0 Å². The Balaban J connectivity index is 2.62. The summed E-state index contributed by atoms with van der Waals surface area (Å²) in [6.07, 6.45) is 0. The van der Waals surface area contributed by atoms with Crippen molar-refractivity contribution >= 4 is 33.2 Å². The highest BCUT2D eigenvalue weighted by Crippen LogP contribution is 2.32. The molecule has 0 heterocycles. The number of carbonyl (C=O) groups excluding carboxylic acids is 1. The van der Waals surface area contributed by atoms with Gasteiger partial charge in [0, 0.05) is 5.92 Å². The van der Waals surface area contributed by atoms with Gasteiger partial charge in [0.05, 0.1) is 22.7 Å². The smallest absolute Gasteiger partial charge is 0.270 e. The number of methoxy groups -OCH3 is 1. The number of halogens is 1. The summed E-state index contributed by atoms with van der Waals surface area (Å²) in [5.74, 6) is -0.655. The Labute approximate surface area is 153 Å². The quantitative estimate of drug-likeness (QED) is 0.784. The molecule has 0 atom stereocenters. The average molecular weight is 382 g/mol. The van der Waals surface area contributed by atoms with Crippen LogP contribution in [0.2, 0.25) is 5.02 Å². The van der Waals surface area contributed by atoms with Crippen LogP contribution in [-0.4, -0.2) is 21.4 Å². The van der Waals surface area contributed by atoms with E-state index >= 15 is 0 Å². The van der Waals surface area contributed by atoms with Crippen molar-refractivity contribution in [1.29, 1.82) is 0 Å². The van der Waals surface area contributed by atoms with Crippen molar-refractivity contribution < 1.29 is 17.9 Å². The third-order valence-electron chi connectivity index (χ3n) is 3.62. The maximum Gasteiger partial charge on any atom is 0.270 e. The second-order valence-electron chi connectivity index (χ2n) is 5.89. The molecule has 0 bridgehead atoms. The van der Waals surface area contributed by atoms with Gasteiger partial charge in [-0.1, -0.05) is 43.1 Å². The molecule has 0 radical (unpaired) electrons. The zero-order valence-electron chi connectivity index (χ0n) is 14.5. The summed E-state index contributed by atoms with van der Waals surface area (Å²) < 4.78 is 32.1. The van der Waals surface area contributed by atoms with E-state index in [9.17, 15) is 13.2 Å². The van der Waals surface area contributed by atoms with Crippen molar-refractivity contribution in [3.8, 4) is 5.75 Å². The summed E-state index contributed by atoms with van der Waals surface area (Å²) in [6, 6.07) is 10.8. The van der Waals surface area contributed by atoms with Gasteiger partial charge in [-0.2, -0.15) is 0 Å². The topological polar surface area (TPSA) is 63.7 Å². The summed E-state index contributed by atoms with van der Waals surface area (Å²) in [4.78, 5) is 12.7. The molecule has 0 aromatic heterocycles. The summed E-state index contributed by atoms with van der Waals surface area (Å²) in [5.41, 5.74) is 1.10. The summed E-state index contributed by atoms with van der Waals surface area (Å²) >= 11 is 6.12. The monoisotopic (exact) mass is 381 g/mol. The number of benzene rings is 2. The van der Waals surface area contributed by atoms with Gasteiger partial charge in [-0.3, -0.25) is 4.79 Å². The van der Waals surface area contributed by atoms with Crippen LogP contribution in [0.4, 0.5) is 5.69 Å². The normalized spacial score (nSPS) is 11.4. The zero-order valence-corrected chi connectivity index (χ0v) is 16.1. The third-order valence-corrected chi connectivity index (χ3v) is 5.66. The molecule has 1 amide bonds. The maximum atomic E-state index is 13.1. The molecule has 0 unspecified atom stereocenters. The molecule has 2 aromatic rings. The van der Waals surface area contributed by atoms with E-state index in [-0.39, 0.29) is 15.6 Å². The predicted octanol–water partition coefficient (Wildman–Crippen LogP) is 4.03. The molecule has 0 saturated carbocycles. The van der Waals surface area contributed by atoms with Gasteiger partial charge in [-0.05, 0) is 37.3 Å². The molecule has 0 saturated heterocycles. The lowest BCUT2D eigenvalue weighted by atomic mass is 10.2. The van der Waals surface area contributed by atoms with Gasteiger partial charge in [-0.15, -0.1) is 0 Å². The minimum absolute atomic E-state index is 0.0408. The Hall–Kier alpha value is -2.05. The van der Waals surface area contributed by atoms with Crippen LogP contribution in [0.3, 0.4) is 0 Å². The van der Waals surface area contributed by atoms with E-state index < -0.39 is 21.8 Å². The summed E-state index contributed by atoms with van der Waals surface area (Å²) in [6.45, 7) is 5.15. The number of rotatable bonds is 5. The number of ether oxygens (including phenoxy) is 1. The molecule has 0 N–H and O–H groups in total. The number of sulfonamides is 1. The number of carbonyl (C=O) groups is 1. The SMILES string of the molecule is COc1ccc(N(C(=O)C(C)C)S(=O)(=O)c2ccc(C)cc2)cc1Cl. The van der Waals surface area contributed by atoms with E-state index in [1.54, 1.807) is 26.0 Å². The van der Waals surface area contributed by atoms with Gasteiger partial charge in [0.2, 0.25) is 5.91 Å². The molecule has 2 aromatic carbocycles. The first kappa shape index (κ1) is 19.3. The number of hydrogen-bond donors (Lipinski definition) is 0. The fourth-order valence-electron chi connectivity index (χ4n) is 2.22. The Morgan fingerprint density at radius 2 is 1.72 bits per heavy atom. The first-order valence-corrected chi connectivity index (χ1v) is 9.49. The van der Waals surface area contributed by atoms with E-state index in [0.29, 0.717) is 5.75 Å². The van der Waals surface area contributed by atoms with Crippen LogP contribution in [0.25, 0.3) is 0 Å². The summed E-state index contributed by atoms with van der Waals surface area (Å²) in [7, 11) is -2.61. The highest BCUT2D eigenvalue weighted by Gasteiger charge is 2.32. The number of hydrogen-bond acceptors (Lipinski definition) is 4. The fourth-order valence-corrected chi connectivity index (χ4v) is 4.00. The minimum Gasteiger partial charge on any atom is -0.495 e. The van der Waals surface area contributed by atoms with Gasteiger partial charge < -0.3 is 4.74 Å². The van der Waals surface area contributed by atoms with Crippen molar-refractivity contribution in [2.24, 2.45) is 5.92 Å². The molecule has 0 aliphatic heterocycles. The van der Waals surface area contributed by atoms with Crippen molar-refractivity contribution in [2.75, 3.05) is 11.4 Å². The molecule has 7 heteroatoms. The van der Waals surface area contributed by atoms with Crippen LogP contribution in [-0.2, 0) is 14.8 Å². The molecule has 0 fully saturated rings. The van der Waals surface area contributed by atoms with E-state index in [1.807, 2.05) is 6.92 Å². The van der Waals surface area contributed by atoms with Crippen molar-refractivity contribution in [1.82, 2.24) is 0 Å². The van der Waals surface area contributed by atoms with Gasteiger partial charge in [0.15, 0.2) is 0 Å². The van der Waals surface area contributed by atoms with Gasteiger partial charge in [0.25, 0.3) is 10.0 Å². The highest BCUT2D eigenvalue weighted by molar-refractivity contribution is 7.93. The number of anilines is 1. The Morgan fingerprint density at radius 1 is 1.12 bits per heavy atom. The summed E-state index contributed by atoms with van der Waals surface area (Å²) in [5, 5.41) is 0.223. The van der Waals surface area contributed by atoms with E-state index in [0.717, 1.165) is 9.87 Å². The molecular weight excluding hydrogens is 362 g/mol. The second kappa shape index (κ2) is 7.45. The Morgan fingerprint density at radius 3 is 2.20 bits per heavy atom. The molecule has 5 nitrogen and oxygen atoms in total. The Kier molecular flexibility index (Phi) is 5.75. The second-order valence-corrected chi connectivity index (χ2v) is 8.09. The largest absolute Gasteiger partial charge is 0.495 e. The molecule has 0 aliphatic rings. The first-order valence-electron chi connectivity index (χ1n) is 7.68. The van der Waals surface area contributed by atoms with Crippen LogP contribution in [0.5, 0.6) is 5.75 Å².